The van der Waals surface area contributed by atoms with E-state index in [2.05, 4.69) is 5.32 Å². The molecule has 6 heteroatoms. The van der Waals surface area contributed by atoms with Crippen molar-refractivity contribution in [2.75, 3.05) is 20.3 Å². The van der Waals surface area contributed by atoms with E-state index in [9.17, 15) is 9.59 Å². The predicted molar refractivity (Wildman–Crippen MR) is 142 cm³/mol. The standard InChI is InChI=1S/C30H36N2O4/c1-4-31-30(34)28(21-24-10-6-5-7-11-24)32(22-25-12-8-13-27(20-25)35-3)29(33)14-9-19-36-26-17-15-23(2)16-18-26/h5-8,10-13,15-18,20,28H,4,9,14,19,21-22H2,1-3H3,(H,31,34)/t28-/m1/s1. The van der Waals surface area contributed by atoms with Crippen molar-refractivity contribution in [3.05, 3.63) is 95.6 Å². The summed E-state index contributed by atoms with van der Waals surface area (Å²) in [7, 11) is 1.61. The van der Waals surface area contributed by atoms with Gasteiger partial charge in [0, 0.05) is 25.9 Å². The van der Waals surface area contributed by atoms with Crippen LogP contribution in [0.3, 0.4) is 0 Å². The molecule has 0 spiro atoms. The summed E-state index contributed by atoms with van der Waals surface area (Å²) in [5, 5.41) is 2.92. The zero-order valence-corrected chi connectivity index (χ0v) is 21.4. The fourth-order valence-electron chi connectivity index (χ4n) is 4.01. The van der Waals surface area contributed by atoms with Crippen LogP contribution in [-0.2, 0) is 22.6 Å². The van der Waals surface area contributed by atoms with E-state index in [0.29, 0.717) is 38.3 Å². The van der Waals surface area contributed by atoms with Crippen LogP contribution in [0.5, 0.6) is 11.5 Å². The van der Waals surface area contributed by atoms with Gasteiger partial charge in [-0.1, -0.05) is 60.2 Å². The van der Waals surface area contributed by atoms with Gasteiger partial charge in [0.25, 0.3) is 0 Å². The predicted octanol–water partition coefficient (Wildman–Crippen LogP) is 4.94. The van der Waals surface area contributed by atoms with Crippen molar-refractivity contribution in [1.82, 2.24) is 10.2 Å². The van der Waals surface area contributed by atoms with Crippen LogP contribution >= 0.6 is 0 Å². The molecule has 0 aliphatic heterocycles. The van der Waals surface area contributed by atoms with Crippen LogP contribution in [0.4, 0.5) is 0 Å². The molecule has 6 nitrogen and oxygen atoms in total. The molecule has 3 aromatic rings. The Morgan fingerprint density at radius 1 is 0.917 bits per heavy atom. The van der Waals surface area contributed by atoms with Gasteiger partial charge in [0.1, 0.15) is 17.5 Å². The number of carbonyl (C=O) groups excluding carboxylic acids is 2. The van der Waals surface area contributed by atoms with Gasteiger partial charge in [-0.3, -0.25) is 9.59 Å². The minimum absolute atomic E-state index is 0.0856. The molecule has 3 aromatic carbocycles. The van der Waals surface area contributed by atoms with Crippen LogP contribution < -0.4 is 14.8 Å². The molecule has 0 fully saturated rings. The molecule has 1 atom stereocenters. The maximum Gasteiger partial charge on any atom is 0.243 e. The summed E-state index contributed by atoms with van der Waals surface area (Å²) in [6, 6.07) is 24.6. The van der Waals surface area contributed by atoms with E-state index in [1.165, 1.54) is 5.56 Å². The van der Waals surface area contributed by atoms with Crippen LogP contribution in [0.15, 0.2) is 78.9 Å². The minimum atomic E-state index is -0.635. The van der Waals surface area contributed by atoms with Crippen LogP contribution in [0.25, 0.3) is 0 Å². The molecule has 1 N–H and O–H groups in total. The van der Waals surface area contributed by atoms with Crippen molar-refractivity contribution in [2.45, 2.75) is 45.7 Å². The quantitative estimate of drug-likeness (QED) is 0.346. The summed E-state index contributed by atoms with van der Waals surface area (Å²) in [6.07, 6.45) is 1.26. The first-order valence-electron chi connectivity index (χ1n) is 12.4. The van der Waals surface area contributed by atoms with Gasteiger partial charge in [-0.2, -0.15) is 0 Å². The van der Waals surface area contributed by atoms with Gasteiger partial charge in [0.2, 0.25) is 11.8 Å². The molecule has 0 aliphatic carbocycles. The molecule has 0 saturated heterocycles. The van der Waals surface area contributed by atoms with Gasteiger partial charge in [-0.25, -0.2) is 0 Å². The lowest BCUT2D eigenvalue weighted by molar-refractivity contribution is -0.141. The molecule has 3 rings (SSSR count). The van der Waals surface area contributed by atoms with E-state index >= 15 is 0 Å². The third-order valence-electron chi connectivity index (χ3n) is 5.93. The first-order valence-corrected chi connectivity index (χ1v) is 12.4. The van der Waals surface area contributed by atoms with E-state index in [1.54, 1.807) is 12.0 Å². The maximum absolute atomic E-state index is 13.6. The fourth-order valence-corrected chi connectivity index (χ4v) is 4.01. The number of amides is 2. The maximum atomic E-state index is 13.6. The van der Waals surface area contributed by atoms with E-state index in [0.717, 1.165) is 16.9 Å². The number of hydrogen-bond acceptors (Lipinski definition) is 4. The number of hydrogen-bond donors (Lipinski definition) is 1. The number of rotatable bonds is 13. The molecule has 0 saturated carbocycles. The summed E-state index contributed by atoms with van der Waals surface area (Å²) >= 11 is 0. The number of benzene rings is 3. The summed E-state index contributed by atoms with van der Waals surface area (Å²) in [4.78, 5) is 28.4. The van der Waals surface area contributed by atoms with E-state index in [1.807, 2.05) is 92.7 Å². The summed E-state index contributed by atoms with van der Waals surface area (Å²) in [5.74, 6) is 1.25. The van der Waals surface area contributed by atoms with Gasteiger partial charge in [0.15, 0.2) is 0 Å². The zero-order valence-electron chi connectivity index (χ0n) is 21.4. The molecule has 0 aliphatic rings. The highest BCUT2D eigenvalue weighted by atomic mass is 16.5. The Balaban J connectivity index is 1.77. The first-order chi connectivity index (χ1) is 17.5. The van der Waals surface area contributed by atoms with Gasteiger partial charge in [-0.05, 0) is 55.7 Å². The summed E-state index contributed by atoms with van der Waals surface area (Å²) in [6.45, 7) is 5.14. The third-order valence-corrected chi connectivity index (χ3v) is 5.93. The Kier molecular flexibility index (Phi) is 10.4. The number of likely N-dealkylation sites (N-methyl/N-ethyl adjacent to an activating group) is 1. The molecule has 0 radical (unpaired) electrons. The Morgan fingerprint density at radius 3 is 2.33 bits per heavy atom. The van der Waals surface area contributed by atoms with Crippen molar-refractivity contribution < 1.29 is 19.1 Å². The normalized spacial score (nSPS) is 11.4. The average molecular weight is 489 g/mol. The topological polar surface area (TPSA) is 67.9 Å². The van der Waals surface area contributed by atoms with Crippen LogP contribution in [0.2, 0.25) is 0 Å². The molecule has 190 valence electrons. The number of carbonyl (C=O) groups is 2. The third kappa shape index (κ3) is 8.15. The van der Waals surface area contributed by atoms with Crippen molar-refractivity contribution in [2.24, 2.45) is 0 Å². The molecule has 2 amide bonds. The van der Waals surface area contributed by atoms with E-state index in [4.69, 9.17) is 9.47 Å². The Labute approximate surface area is 214 Å². The number of aryl methyl sites for hydroxylation is 1. The second-order valence-corrected chi connectivity index (χ2v) is 8.74. The Bertz CT molecular complexity index is 1100. The lowest BCUT2D eigenvalue weighted by atomic mass is 10.0. The zero-order chi connectivity index (χ0) is 25.8. The molecule has 0 unspecified atom stereocenters. The average Bonchev–Trinajstić information content (AvgIpc) is 2.90. The fraction of sp³-hybridized carbons (Fsp3) is 0.333. The number of nitrogens with one attached hydrogen (secondary N) is 1. The van der Waals surface area contributed by atoms with Crippen LogP contribution in [0, 0.1) is 6.92 Å². The summed E-state index contributed by atoms with van der Waals surface area (Å²) < 4.78 is 11.2. The molecule has 0 heterocycles. The Morgan fingerprint density at radius 2 is 1.64 bits per heavy atom. The lowest BCUT2D eigenvalue weighted by Crippen LogP contribution is -2.50. The summed E-state index contributed by atoms with van der Waals surface area (Å²) in [5.41, 5.74) is 3.07. The second-order valence-electron chi connectivity index (χ2n) is 8.74. The van der Waals surface area contributed by atoms with Gasteiger partial charge < -0.3 is 19.7 Å². The lowest BCUT2D eigenvalue weighted by Gasteiger charge is -2.31. The number of methoxy groups -OCH3 is 1. The van der Waals surface area contributed by atoms with Crippen molar-refractivity contribution in [3.63, 3.8) is 0 Å². The molecule has 0 aromatic heterocycles. The molecular weight excluding hydrogens is 452 g/mol. The molecular formula is C30H36N2O4. The highest BCUT2D eigenvalue weighted by Gasteiger charge is 2.30. The second kappa shape index (κ2) is 13.9. The highest BCUT2D eigenvalue weighted by Crippen LogP contribution is 2.20. The number of ether oxygens (including phenoxy) is 2. The molecule has 36 heavy (non-hydrogen) atoms. The van der Waals surface area contributed by atoms with Crippen molar-refractivity contribution in [3.8, 4) is 11.5 Å². The van der Waals surface area contributed by atoms with Gasteiger partial charge in [0.05, 0.1) is 13.7 Å². The van der Waals surface area contributed by atoms with E-state index < -0.39 is 6.04 Å². The van der Waals surface area contributed by atoms with Gasteiger partial charge in [-0.15, -0.1) is 0 Å². The van der Waals surface area contributed by atoms with Crippen LogP contribution in [0.1, 0.15) is 36.5 Å². The monoisotopic (exact) mass is 488 g/mol. The molecule has 0 bridgehead atoms. The van der Waals surface area contributed by atoms with Crippen LogP contribution in [-0.4, -0.2) is 43.0 Å². The smallest absolute Gasteiger partial charge is 0.243 e. The first kappa shape index (κ1) is 26.8. The van der Waals surface area contributed by atoms with Crippen molar-refractivity contribution in [1.29, 1.82) is 0 Å². The van der Waals surface area contributed by atoms with Crippen molar-refractivity contribution >= 4 is 11.8 Å². The largest absolute Gasteiger partial charge is 0.497 e. The minimum Gasteiger partial charge on any atom is -0.497 e. The van der Waals surface area contributed by atoms with E-state index in [-0.39, 0.29) is 18.2 Å². The Hall–Kier alpha value is -3.80. The highest BCUT2D eigenvalue weighted by molar-refractivity contribution is 5.88. The number of nitrogens with zero attached hydrogens (tertiary/aromatic N) is 1. The van der Waals surface area contributed by atoms with Gasteiger partial charge >= 0.3 is 0 Å². The SMILES string of the molecule is CCNC(=O)[C@@H](Cc1ccccc1)N(Cc1cccc(OC)c1)C(=O)CCCOc1ccc(C)cc1.